The SMILES string of the molecule is CCCCCC(C)CCc1cc(OC(N)=O)c2c(c1)OC(C)(C)C1=C2CCS1. The molecule has 28 heavy (non-hydrogen) atoms. The van der Waals surface area contributed by atoms with Gasteiger partial charge < -0.3 is 15.2 Å². The Morgan fingerprint density at radius 1 is 1.32 bits per heavy atom. The van der Waals surface area contributed by atoms with Gasteiger partial charge in [0.1, 0.15) is 17.1 Å². The fourth-order valence-electron chi connectivity index (χ4n) is 4.21. The van der Waals surface area contributed by atoms with Crippen molar-refractivity contribution in [3.63, 3.8) is 0 Å². The Balaban J connectivity index is 1.86. The Morgan fingerprint density at radius 3 is 2.82 bits per heavy atom. The molecule has 0 bridgehead atoms. The number of hydrogen-bond donors (Lipinski definition) is 1. The van der Waals surface area contributed by atoms with Crippen LogP contribution in [0.25, 0.3) is 5.57 Å². The van der Waals surface area contributed by atoms with Crippen LogP contribution in [-0.4, -0.2) is 17.4 Å². The second-order valence-corrected chi connectivity index (χ2v) is 9.65. The topological polar surface area (TPSA) is 61.5 Å². The van der Waals surface area contributed by atoms with E-state index in [0.29, 0.717) is 11.7 Å². The molecule has 154 valence electrons. The van der Waals surface area contributed by atoms with Gasteiger partial charge in [0.15, 0.2) is 0 Å². The Bertz CT molecular complexity index is 769. The lowest BCUT2D eigenvalue weighted by atomic mass is 9.90. The van der Waals surface area contributed by atoms with Crippen LogP contribution in [0.15, 0.2) is 17.0 Å². The summed E-state index contributed by atoms with van der Waals surface area (Å²) < 4.78 is 11.8. The first-order valence-electron chi connectivity index (χ1n) is 10.5. The third-order valence-electron chi connectivity index (χ3n) is 5.65. The van der Waals surface area contributed by atoms with Gasteiger partial charge in [-0.1, -0.05) is 39.5 Å². The largest absolute Gasteiger partial charge is 0.482 e. The minimum Gasteiger partial charge on any atom is -0.482 e. The van der Waals surface area contributed by atoms with Crippen molar-refractivity contribution < 1.29 is 14.3 Å². The van der Waals surface area contributed by atoms with Gasteiger partial charge in [0.25, 0.3) is 0 Å². The van der Waals surface area contributed by atoms with Gasteiger partial charge in [-0.2, -0.15) is 0 Å². The summed E-state index contributed by atoms with van der Waals surface area (Å²) in [6.45, 7) is 8.78. The number of nitrogens with two attached hydrogens (primary N) is 1. The number of amides is 1. The molecule has 1 aromatic rings. The van der Waals surface area contributed by atoms with Crippen LogP contribution in [0.3, 0.4) is 0 Å². The predicted octanol–water partition coefficient (Wildman–Crippen LogP) is 6.31. The quantitative estimate of drug-likeness (QED) is 0.517. The van der Waals surface area contributed by atoms with Crippen molar-refractivity contribution in [3.8, 4) is 11.5 Å². The monoisotopic (exact) mass is 403 g/mol. The van der Waals surface area contributed by atoms with E-state index >= 15 is 0 Å². The van der Waals surface area contributed by atoms with Crippen LogP contribution >= 0.6 is 11.8 Å². The Labute approximate surface area is 173 Å². The van der Waals surface area contributed by atoms with E-state index in [1.54, 1.807) is 0 Å². The molecular formula is C23H33NO3S. The molecule has 2 aliphatic heterocycles. The number of rotatable bonds is 8. The first kappa shape index (κ1) is 21.1. The van der Waals surface area contributed by atoms with Gasteiger partial charge in [-0.25, -0.2) is 4.79 Å². The van der Waals surface area contributed by atoms with Crippen LogP contribution in [0.1, 0.15) is 77.3 Å². The summed E-state index contributed by atoms with van der Waals surface area (Å²) in [7, 11) is 0. The first-order chi connectivity index (χ1) is 13.3. The Kier molecular flexibility index (Phi) is 6.64. The average Bonchev–Trinajstić information content (AvgIpc) is 3.10. The van der Waals surface area contributed by atoms with Crippen LogP contribution in [0.2, 0.25) is 0 Å². The third-order valence-corrected chi connectivity index (χ3v) is 7.08. The fourth-order valence-corrected chi connectivity index (χ4v) is 5.49. The Morgan fingerprint density at radius 2 is 2.11 bits per heavy atom. The van der Waals surface area contributed by atoms with Gasteiger partial charge in [0.2, 0.25) is 0 Å². The average molecular weight is 404 g/mol. The Hall–Kier alpha value is -1.62. The summed E-state index contributed by atoms with van der Waals surface area (Å²) in [5.74, 6) is 3.08. The minimum atomic E-state index is -0.773. The van der Waals surface area contributed by atoms with Gasteiger partial charge >= 0.3 is 6.09 Å². The minimum absolute atomic E-state index is 0.348. The van der Waals surface area contributed by atoms with Crippen LogP contribution < -0.4 is 15.2 Å². The van der Waals surface area contributed by atoms with E-state index in [1.807, 2.05) is 17.8 Å². The molecule has 0 saturated carbocycles. The highest BCUT2D eigenvalue weighted by molar-refractivity contribution is 8.03. The van der Waals surface area contributed by atoms with Gasteiger partial charge in [0.05, 0.1) is 5.56 Å². The summed E-state index contributed by atoms with van der Waals surface area (Å²) in [6.07, 6.45) is 7.37. The highest BCUT2D eigenvalue weighted by atomic mass is 32.2. The molecule has 4 nitrogen and oxygen atoms in total. The van der Waals surface area contributed by atoms with E-state index < -0.39 is 6.09 Å². The highest BCUT2D eigenvalue weighted by Crippen LogP contribution is 2.54. The first-order valence-corrected chi connectivity index (χ1v) is 11.5. The van der Waals surface area contributed by atoms with E-state index in [9.17, 15) is 4.79 Å². The number of fused-ring (bicyclic) bond motifs is 2. The molecule has 2 heterocycles. The molecular weight excluding hydrogens is 370 g/mol. The van der Waals surface area contributed by atoms with Crippen LogP contribution in [-0.2, 0) is 6.42 Å². The number of carbonyl (C=O) groups excluding carboxylic acids is 1. The van der Waals surface area contributed by atoms with Gasteiger partial charge in [-0.05, 0) is 62.3 Å². The second-order valence-electron chi connectivity index (χ2n) is 8.55. The van der Waals surface area contributed by atoms with Crippen molar-refractivity contribution in [2.24, 2.45) is 11.7 Å². The summed E-state index contributed by atoms with van der Waals surface area (Å²) in [4.78, 5) is 12.8. The lowest BCUT2D eigenvalue weighted by molar-refractivity contribution is 0.153. The number of aryl methyl sites for hydroxylation is 1. The van der Waals surface area contributed by atoms with Gasteiger partial charge in [-0.3, -0.25) is 0 Å². The summed E-state index contributed by atoms with van der Waals surface area (Å²) in [5, 5.41) is 0. The van der Waals surface area contributed by atoms with Crippen molar-refractivity contribution in [2.75, 3.05) is 5.75 Å². The van der Waals surface area contributed by atoms with Crippen LogP contribution in [0, 0.1) is 5.92 Å². The smallest absolute Gasteiger partial charge is 0.409 e. The van der Waals surface area contributed by atoms with Crippen molar-refractivity contribution in [2.45, 2.75) is 78.2 Å². The van der Waals surface area contributed by atoms with Crippen molar-refractivity contribution >= 4 is 23.4 Å². The summed E-state index contributed by atoms with van der Waals surface area (Å²) in [5.41, 5.74) is 8.32. The van der Waals surface area contributed by atoms with Crippen LogP contribution in [0.4, 0.5) is 4.79 Å². The van der Waals surface area contributed by atoms with Crippen LogP contribution in [0.5, 0.6) is 11.5 Å². The lowest BCUT2D eigenvalue weighted by Crippen LogP contribution is -2.33. The predicted molar refractivity (Wildman–Crippen MR) is 117 cm³/mol. The van der Waals surface area contributed by atoms with E-state index in [1.165, 1.54) is 36.2 Å². The molecule has 0 aliphatic carbocycles. The molecule has 3 rings (SSSR count). The molecule has 0 saturated heterocycles. The molecule has 0 fully saturated rings. The van der Waals surface area contributed by atoms with Crippen molar-refractivity contribution in [3.05, 3.63) is 28.2 Å². The molecule has 1 atom stereocenters. The number of hydrogen-bond acceptors (Lipinski definition) is 4. The normalized spacial score (nSPS) is 18.3. The number of thioether (sulfide) groups is 1. The summed E-state index contributed by atoms with van der Waals surface area (Å²) >= 11 is 1.84. The molecule has 1 amide bonds. The molecule has 1 unspecified atom stereocenters. The van der Waals surface area contributed by atoms with Gasteiger partial charge in [0, 0.05) is 10.7 Å². The number of allylic oxidation sites excluding steroid dienone is 1. The molecule has 0 aromatic heterocycles. The maximum absolute atomic E-state index is 11.5. The number of benzene rings is 1. The standard InChI is InChI=1S/C23H33NO3S/c1-5-6-7-8-15(2)9-10-16-13-18(26-22(24)25)20-17-11-12-28-21(17)23(3,4)27-19(20)14-16/h13-15H,5-12H2,1-4H3,(H2,24,25). The zero-order chi connectivity index (χ0) is 20.3. The maximum atomic E-state index is 11.5. The van der Waals surface area contributed by atoms with Crippen molar-refractivity contribution in [1.82, 2.24) is 0 Å². The number of unbranched alkanes of at least 4 members (excludes halogenated alkanes) is 2. The molecule has 0 spiro atoms. The van der Waals surface area contributed by atoms with Gasteiger partial charge in [-0.15, -0.1) is 11.8 Å². The van der Waals surface area contributed by atoms with E-state index in [0.717, 1.165) is 41.9 Å². The molecule has 5 heteroatoms. The number of carbonyl (C=O) groups is 1. The van der Waals surface area contributed by atoms with E-state index in [-0.39, 0.29) is 5.60 Å². The zero-order valence-corrected chi connectivity index (χ0v) is 18.4. The van der Waals surface area contributed by atoms with Crippen molar-refractivity contribution in [1.29, 1.82) is 0 Å². The van der Waals surface area contributed by atoms with E-state index in [4.69, 9.17) is 15.2 Å². The van der Waals surface area contributed by atoms with E-state index in [2.05, 4.69) is 33.8 Å². The molecule has 1 aromatic carbocycles. The zero-order valence-electron chi connectivity index (χ0n) is 17.6. The number of ether oxygens (including phenoxy) is 2. The molecule has 2 N–H and O–H groups in total. The summed E-state index contributed by atoms with van der Waals surface area (Å²) in [6, 6.07) is 4.12. The fraction of sp³-hybridized carbons (Fsp3) is 0.609. The molecule has 0 radical (unpaired) electrons. The highest BCUT2D eigenvalue weighted by Gasteiger charge is 2.39. The lowest BCUT2D eigenvalue weighted by Gasteiger charge is -2.35. The maximum Gasteiger partial charge on any atom is 0.409 e. The molecule has 2 aliphatic rings. The number of primary amides is 1. The third kappa shape index (κ3) is 4.68. The second kappa shape index (κ2) is 8.81.